The first-order valence-electron chi connectivity index (χ1n) is 14.3. The lowest BCUT2D eigenvalue weighted by Crippen LogP contribution is -1.85. The van der Waals surface area contributed by atoms with E-state index in [2.05, 4.69) is 12.2 Å². The molecule has 0 atom stereocenters. The van der Waals surface area contributed by atoms with E-state index < -0.39 is 0 Å². The summed E-state index contributed by atoms with van der Waals surface area (Å²) in [6, 6.07) is 0. The number of rotatable bonds is 27. The number of hydrogen-bond donors (Lipinski definition) is 2. The summed E-state index contributed by atoms with van der Waals surface area (Å²) >= 11 is 0. The van der Waals surface area contributed by atoms with Gasteiger partial charge in [0.05, 0.1) is 0 Å². The van der Waals surface area contributed by atoms with Crippen LogP contribution in [0.4, 0.5) is 0 Å². The summed E-state index contributed by atoms with van der Waals surface area (Å²) in [6.07, 6.45) is 38.3. The average Bonchev–Trinajstić information content (AvgIpc) is 2.78. The number of unbranched alkanes of at least 4 members (excludes halogenated alkanes) is 23. The lowest BCUT2D eigenvalue weighted by Gasteiger charge is -2.03. The van der Waals surface area contributed by atoms with Crippen LogP contribution in [0.15, 0.2) is 12.2 Å². The molecule has 2 nitrogen and oxygen atoms in total. The Kier molecular flexibility index (Phi) is 29.3. The van der Waals surface area contributed by atoms with E-state index in [4.69, 9.17) is 10.2 Å². The highest BCUT2D eigenvalue weighted by Crippen LogP contribution is 2.14. The normalized spacial score (nSPS) is 11.7. The minimum atomic E-state index is 0.359. The molecule has 2 N–H and O–H groups in total. The van der Waals surface area contributed by atoms with Gasteiger partial charge < -0.3 is 10.2 Å². The van der Waals surface area contributed by atoms with Gasteiger partial charge >= 0.3 is 0 Å². The van der Waals surface area contributed by atoms with Crippen molar-refractivity contribution in [2.24, 2.45) is 0 Å². The van der Waals surface area contributed by atoms with Gasteiger partial charge in [-0.25, -0.2) is 0 Å². The fourth-order valence-electron chi connectivity index (χ4n) is 4.34. The Hall–Kier alpha value is -0.340. The maximum absolute atomic E-state index is 8.75. The van der Waals surface area contributed by atoms with Crippen molar-refractivity contribution in [2.75, 3.05) is 13.2 Å². The molecule has 0 unspecified atom stereocenters. The predicted molar refractivity (Wildman–Crippen MR) is 139 cm³/mol. The van der Waals surface area contributed by atoms with Crippen molar-refractivity contribution in [2.45, 2.75) is 161 Å². The van der Waals surface area contributed by atoms with Crippen molar-refractivity contribution < 1.29 is 10.2 Å². The maximum atomic E-state index is 8.75. The Morgan fingerprint density at radius 3 is 0.677 bits per heavy atom. The van der Waals surface area contributed by atoms with Gasteiger partial charge in [0.25, 0.3) is 0 Å². The summed E-state index contributed by atoms with van der Waals surface area (Å²) in [7, 11) is 0. The first kappa shape index (κ1) is 30.7. The number of hydrogen-bond acceptors (Lipinski definition) is 2. The summed E-state index contributed by atoms with van der Waals surface area (Å²) in [4.78, 5) is 0. The minimum absolute atomic E-state index is 0.359. The molecule has 0 aromatic heterocycles. The third-order valence-corrected chi connectivity index (χ3v) is 6.47. The molecule has 0 aromatic rings. The van der Waals surface area contributed by atoms with Gasteiger partial charge in [-0.3, -0.25) is 0 Å². The molecule has 0 spiro atoms. The second kappa shape index (κ2) is 29.7. The number of aliphatic hydroxyl groups excluding tert-OH is 2. The van der Waals surface area contributed by atoms with Crippen LogP contribution in [-0.2, 0) is 0 Å². The van der Waals surface area contributed by atoms with Crippen LogP contribution in [0.3, 0.4) is 0 Å². The monoisotopic (exact) mass is 438 g/mol. The summed E-state index contributed by atoms with van der Waals surface area (Å²) in [5, 5.41) is 17.5. The van der Waals surface area contributed by atoms with Gasteiger partial charge in [0, 0.05) is 13.2 Å². The van der Waals surface area contributed by atoms with Crippen molar-refractivity contribution in [1.29, 1.82) is 0 Å². The van der Waals surface area contributed by atoms with Crippen molar-refractivity contribution >= 4 is 0 Å². The van der Waals surface area contributed by atoms with Crippen LogP contribution >= 0.6 is 0 Å². The highest BCUT2D eigenvalue weighted by molar-refractivity contribution is 4.81. The van der Waals surface area contributed by atoms with E-state index in [1.165, 1.54) is 148 Å². The highest BCUT2D eigenvalue weighted by Gasteiger charge is 1.95. The molecule has 0 aliphatic carbocycles. The van der Waals surface area contributed by atoms with Gasteiger partial charge in [-0.1, -0.05) is 134 Å². The fourth-order valence-corrected chi connectivity index (χ4v) is 4.34. The lowest BCUT2D eigenvalue weighted by molar-refractivity contribution is 0.282. The molecule has 186 valence electrons. The van der Waals surface area contributed by atoms with E-state index in [9.17, 15) is 0 Å². The molecular formula is C29H58O2. The van der Waals surface area contributed by atoms with Gasteiger partial charge in [-0.2, -0.15) is 0 Å². The Bertz CT molecular complexity index is 327. The van der Waals surface area contributed by atoms with Gasteiger partial charge in [-0.05, 0) is 38.5 Å². The van der Waals surface area contributed by atoms with E-state index in [0.29, 0.717) is 13.2 Å². The molecular weight excluding hydrogens is 380 g/mol. The van der Waals surface area contributed by atoms with E-state index in [1.54, 1.807) is 0 Å². The molecule has 0 saturated heterocycles. The van der Waals surface area contributed by atoms with Crippen molar-refractivity contribution in [3.05, 3.63) is 12.2 Å². The summed E-state index contributed by atoms with van der Waals surface area (Å²) in [5.74, 6) is 0. The van der Waals surface area contributed by atoms with Gasteiger partial charge in [0.1, 0.15) is 0 Å². The fraction of sp³-hybridized carbons (Fsp3) is 0.931. The van der Waals surface area contributed by atoms with Crippen LogP contribution in [0.2, 0.25) is 0 Å². The topological polar surface area (TPSA) is 40.5 Å². The van der Waals surface area contributed by atoms with Crippen LogP contribution in [0.5, 0.6) is 0 Å². The Labute approximate surface area is 196 Å². The molecule has 0 bridgehead atoms. The van der Waals surface area contributed by atoms with E-state index >= 15 is 0 Å². The SMILES string of the molecule is OCCCCCCCCC=CCCCCCCCCCCCCCCCCCCCO. The number of allylic oxidation sites excluding steroid dienone is 2. The second-order valence-corrected chi connectivity index (χ2v) is 9.63. The molecule has 0 aliphatic heterocycles. The van der Waals surface area contributed by atoms with Gasteiger partial charge in [-0.15, -0.1) is 0 Å². The molecule has 0 amide bonds. The molecule has 0 aliphatic rings. The first-order valence-corrected chi connectivity index (χ1v) is 14.3. The average molecular weight is 439 g/mol. The molecule has 0 saturated carbocycles. The van der Waals surface area contributed by atoms with Crippen molar-refractivity contribution in [1.82, 2.24) is 0 Å². The largest absolute Gasteiger partial charge is 0.396 e. The number of aliphatic hydroxyl groups is 2. The quantitative estimate of drug-likeness (QED) is 0.0990. The van der Waals surface area contributed by atoms with Crippen LogP contribution in [0, 0.1) is 0 Å². The van der Waals surface area contributed by atoms with E-state index in [-0.39, 0.29) is 0 Å². The van der Waals surface area contributed by atoms with Crippen LogP contribution < -0.4 is 0 Å². The third kappa shape index (κ3) is 29.7. The smallest absolute Gasteiger partial charge is 0.0431 e. The molecule has 0 fully saturated rings. The summed E-state index contributed by atoms with van der Waals surface area (Å²) in [5.41, 5.74) is 0. The van der Waals surface area contributed by atoms with Gasteiger partial charge in [0.2, 0.25) is 0 Å². The van der Waals surface area contributed by atoms with Crippen molar-refractivity contribution in [3.63, 3.8) is 0 Å². The van der Waals surface area contributed by atoms with Crippen molar-refractivity contribution in [3.8, 4) is 0 Å². The zero-order valence-electron chi connectivity index (χ0n) is 21.1. The Morgan fingerprint density at radius 1 is 0.258 bits per heavy atom. The summed E-state index contributed by atoms with van der Waals surface area (Å²) in [6.45, 7) is 0.726. The molecule has 31 heavy (non-hydrogen) atoms. The highest BCUT2D eigenvalue weighted by atomic mass is 16.3. The van der Waals surface area contributed by atoms with E-state index in [1.807, 2.05) is 0 Å². The van der Waals surface area contributed by atoms with Crippen LogP contribution in [0.1, 0.15) is 161 Å². The molecule has 0 radical (unpaired) electrons. The standard InChI is InChI=1S/C29H58O2/c30-28-26-24-22-20-18-16-14-12-10-8-6-4-2-1-3-5-7-9-11-13-15-17-19-21-23-25-27-29-31/h10,12,30-31H,1-9,11,13-29H2. The van der Waals surface area contributed by atoms with Crippen LogP contribution in [0.25, 0.3) is 0 Å². The van der Waals surface area contributed by atoms with Crippen LogP contribution in [-0.4, -0.2) is 23.4 Å². The molecule has 2 heteroatoms. The zero-order valence-corrected chi connectivity index (χ0v) is 21.1. The van der Waals surface area contributed by atoms with Gasteiger partial charge in [0.15, 0.2) is 0 Å². The molecule has 0 rings (SSSR count). The van der Waals surface area contributed by atoms with E-state index in [0.717, 1.165) is 12.8 Å². The lowest BCUT2D eigenvalue weighted by atomic mass is 10.0. The molecule has 0 aromatic carbocycles. The Morgan fingerprint density at radius 2 is 0.452 bits per heavy atom. The Balaban J connectivity index is 3.04. The predicted octanol–water partition coefficient (Wildman–Crippen LogP) is 9.28. The minimum Gasteiger partial charge on any atom is -0.396 e. The maximum Gasteiger partial charge on any atom is 0.0431 e. The second-order valence-electron chi connectivity index (χ2n) is 9.63. The first-order chi connectivity index (χ1) is 15.4. The zero-order chi connectivity index (χ0) is 22.5. The summed E-state index contributed by atoms with van der Waals surface area (Å²) < 4.78 is 0. The third-order valence-electron chi connectivity index (χ3n) is 6.47. The molecule has 0 heterocycles.